The van der Waals surface area contributed by atoms with Gasteiger partial charge in [-0.05, 0) is 6.26 Å². The van der Waals surface area contributed by atoms with Crippen LogP contribution in [0.5, 0.6) is 0 Å². The zero-order valence-electron chi connectivity index (χ0n) is 7.23. The summed E-state index contributed by atoms with van der Waals surface area (Å²) >= 11 is 1.70. The average Bonchev–Trinajstić information content (AvgIpc) is 2.63. The molecule has 1 aliphatic carbocycles. The van der Waals surface area contributed by atoms with E-state index in [1.54, 1.807) is 29.2 Å². The predicted molar refractivity (Wildman–Crippen MR) is 60.6 cm³/mol. The number of thioether (sulfide) groups is 1. The van der Waals surface area contributed by atoms with Crippen molar-refractivity contribution in [3.8, 4) is 10.6 Å². The Morgan fingerprint density at radius 3 is 3.00 bits per heavy atom. The van der Waals surface area contributed by atoms with Crippen LogP contribution in [-0.4, -0.2) is 17.7 Å². The predicted octanol–water partition coefficient (Wildman–Crippen LogP) is 2.56. The summed E-state index contributed by atoms with van der Waals surface area (Å²) in [6.07, 6.45) is 2.05. The van der Waals surface area contributed by atoms with Crippen molar-refractivity contribution < 1.29 is 0 Å². The van der Waals surface area contributed by atoms with Crippen LogP contribution in [0.25, 0.3) is 10.6 Å². The molecule has 1 aliphatic heterocycles. The van der Waals surface area contributed by atoms with Crippen molar-refractivity contribution in [3.63, 3.8) is 0 Å². The Kier molecular flexibility index (Phi) is 2.66. The average molecular weight is 230 g/mol. The maximum Gasteiger partial charge on any atom is 0.345 e. The number of rotatable bonds is 1. The summed E-state index contributed by atoms with van der Waals surface area (Å²) in [6, 6.07) is 4.06. The highest BCUT2D eigenvalue weighted by atomic mass is 32.9. The van der Waals surface area contributed by atoms with Crippen LogP contribution in [0.1, 0.15) is 0 Å². The van der Waals surface area contributed by atoms with Crippen molar-refractivity contribution in [3.05, 3.63) is 22.0 Å². The monoisotopic (exact) mass is 230 g/mol. The molecule has 0 unspecified atom stereocenters. The molecule has 68 valence electrons. The van der Waals surface area contributed by atoms with E-state index < -0.39 is 0 Å². The van der Waals surface area contributed by atoms with E-state index in [0.717, 1.165) is 11.1 Å². The van der Waals surface area contributed by atoms with E-state index in [1.807, 2.05) is 12.1 Å². The van der Waals surface area contributed by atoms with E-state index in [-0.39, 0.29) is 0 Å². The topological polar surface area (TPSA) is 24.2 Å². The summed E-state index contributed by atoms with van der Waals surface area (Å²) in [7, 11) is 4.90. The first-order valence-electron chi connectivity index (χ1n) is 3.66. The minimum atomic E-state index is 0.910. The molecule has 0 atom stereocenters. The summed E-state index contributed by atoms with van der Waals surface area (Å²) < 4.78 is 9.55. The molecule has 0 aromatic carbocycles. The Labute approximate surface area is 87.8 Å². The molecule has 0 aromatic rings. The van der Waals surface area contributed by atoms with Gasteiger partial charge in [-0.25, -0.2) is 0 Å². The van der Waals surface area contributed by atoms with Crippen molar-refractivity contribution in [1.29, 1.82) is 0 Å². The highest BCUT2D eigenvalue weighted by molar-refractivity contribution is 7.98. The van der Waals surface area contributed by atoms with Crippen molar-refractivity contribution in [2.75, 3.05) is 13.4 Å². The van der Waals surface area contributed by atoms with Gasteiger partial charge in [0, 0.05) is 15.4 Å². The molecule has 0 N–H and O–H groups in total. The molecule has 0 radical (unpaired) electrons. The van der Waals surface area contributed by atoms with E-state index in [2.05, 4.69) is 10.6 Å². The molecular formula is C8H8NOS3+. The summed E-state index contributed by atoms with van der Waals surface area (Å²) in [4.78, 5) is 2.39. The lowest BCUT2D eigenvalue weighted by Gasteiger charge is -1.97. The molecule has 0 aromatic heterocycles. The molecule has 0 saturated carbocycles. The van der Waals surface area contributed by atoms with Gasteiger partial charge in [-0.1, -0.05) is 10.3 Å². The van der Waals surface area contributed by atoms with Crippen LogP contribution in [0.15, 0.2) is 21.5 Å². The number of hydrogen-bond acceptors (Lipinski definition) is 4. The highest BCUT2D eigenvalue weighted by Gasteiger charge is 2.14. The number of nitrogens with zero attached hydrogens (tertiary/aromatic N) is 1. The second-order valence-corrected chi connectivity index (χ2v) is 5.16. The highest BCUT2D eigenvalue weighted by Crippen LogP contribution is 2.33. The molecule has 2 rings (SSSR count). The number of hydrogen-bond donors (Lipinski definition) is 0. The van der Waals surface area contributed by atoms with Crippen LogP contribution < -0.4 is 5.43 Å². The first-order chi connectivity index (χ1) is 6.35. The Bertz CT molecular complexity index is 445. The van der Waals surface area contributed by atoms with Crippen LogP contribution in [0.4, 0.5) is 0 Å². The quantitative estimate of drug-likeness (QED) is 0.427. The van der Waals surface area contributed by atoms with Gasteiger partial charge >= 0.3 is 5.43 Å². The largest absolute Gasteiger partial charge is 0.345 e. The van der Waals surface area contributed by atoms with Gasteiger partial charge in [-0.2, -0.15) is 4.37 Å². The van der Waals surface area contributed by atoms with E-state index in [0.29, 0.717) is 0 Å². The van der Waals surface area contributed by atoms with E-state index in [4.69, 9.17) is 4.42 Å². The summed E-state index contributed by atoms with van der Waals surface area (Å²) in [5.41, 5.74) is 2.01. The van der Waals surface area contributed by atoms with Crippen LogP contribution in [0.2, 0.25) is 0 Å². The minimum absolute atomic E-state index is 0.910. The molecule has 1 heterocycles. The smallest absolute Gasteiger partial charge is 0.258 e. The Hall–Kier alpha value is -0.390. The lowest BCUT2D eigenvalue weighted by molar-refractivity contribution is 1.33. The lowest BCUT2D eigenvalue weighted by atomic mass is 10.2. The Balaban J connectivity index is 2.77. The van der Waals surface area contributed by atoms with Gasteiger partial charge in [0.15, 0.2) is 0 Å². The van der Waals surface area contributed by atoms with Gasteiger partial charge in [0.2, 0.25) is 0 Å². The second-order valence-electron chi connectivity index (χ2n) is 2.43. The van der Waals surface area contributed by atoms with Crippen molar-refractivity contribution >= 4 is 32.6 Å². The lowest BCUT2D eigenvalue weighted by Crippen LogP contribution is -2.01. The van der Waals surface area contributed by atoms with Crippen LogP contribution in [-0.2, 0) is 0 Å². The van der Waals surface area contributed by atoms with Gasteiger partial charge in [-0.3, -0.25) is 4.42 Å². The van der Waals surface area contributed by atoms with Crippen molar-refractivity contribution in [1.82, 2.24) is 4.37 Å². The van der Waals surface area contributed by atoms with Crippen molar-refractivity contribution in [2.24, 2.45) is 0 Å². The third kappa shape index (κ3) is 1.63. The fraction of sp³-hybridized carbons (Fsp3) is 0.250. The maximum absolute atomic E-state index is 5.20. The number of benzene rings is 1. The third-order valence-electron chi connectivity index (χ3n) is 1.72. The molecule has 2 nitrogen and oxygen atoms in total. The Morgan fingerprint density at radius 2 is 2.31 bits per heavy atom. The molecule has 0 fully saturated rings. The van der Waals surface area contributed by atoms with Crippen LogP contribution in [0.3, 0.4) is 0 Å². The van der Waals surface area contributed by atoms with E-state index in [1.165, 1.54) is 20.3 Å². The SMILES string of the molecule is C[O+]=c1cc2ssnc-2c(SC)c1. The molecule has 0 bridgehead atoms. The van der Waals surface area contributed by atoms with E-state index >= 15 is 0 Å². The Morgan fingerprint density at radius 1 is 1.46 bits per heavy atom. The van der Waals surface area contributed by atoms with E-state index in [9.17, 15) is 0 Å². The summed E-state index contributed by atoms with van der Waals surface area (Å²) in [5.74, 6) is 0. The van der Waals surface area contributed by atoms with Gasteiger partial charge in [0.05, 0.1) is 17.0 Å². The first kappa shape index (κ1) is 9.18. The van der Waals surface area contributed by atoms with Crippen molar-refractivity contribution in [2.45, 2.75) is 4.90 Å². The first-order valence-corrected chi connectivity index (χ1v) is 6.99. The minimum Gasteiger partial charge on any atom is -0.258 e. The zero-order chi connectivity index (χ0) is 9.26. The van der Waals surface area contributed by atoms with Gasteiger partial charge in [0.1, 0.15) is 5.69 Å². The molecule has 13 heavy (non-hydrogen) atoms. The molecule has 2 aliphatic rings. The molecule has 0 saturated heterocycles. The molecular weight excluding hydrogens is 222 g/mol. The van der Waals surface area contributed by atoms with Gasteiger partial charge in [0.25, 0.3) is 7.11 Å². The normalized spacial score (nSPS) is 12.6. The second kappa shape index (κ2) is 3.77. The molecule has 0 spiro atoms. The number of aromatic nitrogens is 1. The standard InChI is InChI=1S/C8H8NOS3/c1-10-5-3-6(11-2)8-7(4-5)12-13-9-8/h3-4H,1-2H3/q+1. The van der Waals surface area contributed by atoms with Crippen LogP contribution >= 0.6 is 32.6 Å². The molecule has 0 amide bonds. The summed E-state index contributed by atoms with van der Waals surface area (Å²) in [6.45, 7) is 0. The van der Waals surface area contributed by atoms with Crippen LogP contribution in [0, 0.1) is 0 Å². The third-order valence-corrected chi connectivity index (χ3v) is 4.28. The summed E-state index contributed by atoms with van der Waals surface area (Å²) in [5, 5.41) is 0. The van der Waals surface area contributed by atoms with Gasteiger partial charge in [-0.15, -0.1) is 11.8 Å². The van der Waals surface area contributed by atoms with Gasteiger partial charge < -0.3 is 0 Å². The zero-order valence-corrected chi connectivity index (χ0v) is 9.68. The maximum atomic E-state index is 5.20. The fourth-order valence-electron chi connectivity index (χ4n) is 1.08. The molecule has 5 heteroatoms. The fourth-order valence-corrected chi connectivity index (χ4v) is 3.59. The number of fused-ring (bicyclic) bond motifs is 1.